The van der Waals surface area contributed by atoms with E-state index in [-0.39, 0.29) is 5.69 Å². The van der Waals surface area contributed by atoms with E-state index < -0.39 is 0 Å². The molecule has 0 aliphatic heterocycles. The van der Waals surface area contributed by atoms with E-state index in [1.54, 1.807) is 30.1 Å². The number of H-pyrrole nitrogens is 1. The molecule has 0 atom stereocenters. The van der Waals surface area contributed by atoms with Crippen LogP contribution in [0.1, 0.15) is 6.92 Å². The Bertz CT molecular complexity index is 1130. The van der Waals surface area contributed by atoms with Crippen LogP contribution < -0.4 is 15.2 Å². The highest BCUT2D eigenvalue weighted by Gasteiger charge is 2.15. The van der Waals surface area contributed by atoms with Crippen molar-refractivity contribution in [2.45, 2.75) is 6.92 Å². The fourth-order valence-corrected chi connectivity index (χ4v) is 2.94. The zero-order valence-corrected chi connectivity index (χ0v) is 13.8. The van der Waals surface area contributed by atoms with Crippen molar-refractivity contribution >= 4 is 22.1 Å². The van der Waals surface area contributed by atoms with Gasteiger partial charge in [-0.25, -0.2) is 9.78 Å². The van der Waals surface area contributed by atoms with Crippen LogP contribution in [0.25, 0.3) is 27.8 Å². The zero-order valence-electron chi connectivity index (χ0n) is 13.8. The van der Waals surface area contributed by atoms with Gasteiger partial charge in [0.2, 0.25) is 0 Å². The summed E-state index contributed by atoms with van der Waals surface area (Å²) in [5, 5.41) is 0.839. The van der Waals surface area contributed by atoms with Gasteiger partial charge in [-0.05, 0) is 31.2 Å². The van der Waals surface area contributed by atoms with Crippen molar-refractivity contribution in [2.24, 2.45) is 0 Å². The van der Waals surface area contributed by atoms with Gasteiger partial charge < -0.3 is 9.47 Å². The van der Waals surface area contributed by atoms with Gasteiger partial charge in [0.1, 0.15) is 17.0 Å². The average Bonchev–Trinajstić information content (AvgIpc) is 2.97. The largest absolute Gasteiger partial charge is 0.494 e. The maximum absolute atomic E-state index is 12.5. The van der Waals surface area contributed by atoms with Crippen molar-refractivity contribution < 1.29 is 9.47 Å². The average molecular weight is 336 g/mol. The summed E-state index contributed by atoms with van der Waals surface area (Å²) in [5.41, 5.74) is 2.27. The molecule has 1 N–H and O–H groups in total. The Morgan fingerprint density at radius 1 is 1.12 bits per heavy atom. The minimum absolute atomic E-state index is 0.284. The lowest BCUT2D eigenvalue weighted by molar-refractivity contribution is 0.344. The first-order chi connectivity index (χ1) is 12.2. The Kier molecular flexibility index (Phi) is 3.61. The Morgan fingerprint density at radius 3 is 2.72 bits per heavy atom. The number of methoxy groups -OCH3 is 1. The molecule has 0 radical (unpaired) electrons. The van der Waals surface area contributed by atoms with Crippen LogP contribution in [0.4, 0.5) is 0 Å². The molecule has 25 heavy (non-hydrogen) atoms. The molecule has 0 spiro atoms. The SMILES string of the molecule is CCOc1ccnc2ccc(-n3c(=O)[nH]c4nccc(OC)c43)cc12. The van der Waals surface area contributed by atoms with Gasteiger partial charge in [-0.15, -0.1) is 0 Å². The second-order valence-corrected chi connectivity index (χ2v) is 5.42. The van der Waals surface area contributed by atoms with Gasteiger partial charge in [-0.1, -0.05) is 0 Å². The van der Waals surface area contributed by atoms with Crippen LogP contribution in [-0.4, -0.2) is 33.2 Å². The molecule has 4 aromatic rings. The number of aromatic nitrogens is 4. The standard InChI is InChI=1S/C18H16N4O3/c1-3-25-14-6-8-19-13-5-4-11(10-12(13)14)22-16-15(24-2)7-9-20-17(16)21-18(22)23/h4-10H,3H2,1-2H3,(H,20,21,23). The lowest BCUT2D eigenvalue weighted by Crippen LogP contribution is -2.14. The van der Waals surface area contributed by atoms with E-state index in [4.69, 9.17) is 9.47 Å². The number of pyridine rings is 2. The molecular weight excluding hydrogens is 320 g/mol. The third-order valence-electron chi connectivity index (χ3n) is 4.00. The molecule has 0 bridgehead atoms. The summed E-state index contributed by atoms with van der Waals surface area (Å²) in [5.74, 6) is 1.30. The van der Waals surface area contributed by atoms with Gasteiger partial charge in [0.05, 0.1) is 24.9 Å². The number of aromatic amines is 1. The first-order valence-electron chi connectivity index (χ1n) is 7.88. The number of fused-ring (bicyclic) bond motifs is 2. The third kappa shape index (κ3) is 2.40. The van der Waals surface area contributed by atoms with Crippen molar-refractivity contribution in [3.63, 3.8) is 0 Å². The van der Waals surface area contributed by atoms with E-state index in [0.29, 0.717) is 29.2 Å². The van der Waals surface area contributed by atoms with Gasteiger partial charge in [0, 0.05) is 23.8 Å². The highest BCUT2D eigenvalue weighted by Crippen LogP contribution is 2.29. The number of benzene rings is 1. The maximum Gasteiger partial charge on any atom is 0.332 e. The predicted molar refractivity (Wildman–Crippen MR) is 94.7 cm³/mol. The molecule has 0 amide bonds. The van der Waals surface area contributed by atoms with E-state index in [2.05, 4.69) is 15.0 Å². The number of hydrogen-bond acceptors (Lipinski definition) is 5. The highest BCUT2D eigenvalue weighted by atomic mass is 16.5. The molecular formula is C18H16N4O3. The zero-order chi connectivity index (χ0) is 17.4. The van der Waals surface area contributed by atoms with Gasteiger partial charge in [-0.3, -0.25) is 14.5 Å². The quantitative estimate of drug-likeness (QED) is 0.619. The molecule has 3 heterocycles. The van der Waals surface area contributed by atoms with Crippen LogP contribution in [-0.2, 0) is 0 Å². The predicted octanol–water partition coefficient (Wildman–Crippen LogP) is 2.67. The summed E-state index contributed by atoms with van der Waals surface area (Å²) in [6.45, 7) is 2.48. The third-order valence-corrected chi connectivity index (χ3v) is 4.00. The molecule has 0 aliphatic rings. The van der Waals surface area contributed by atoms with Crippen LogP contribution in [0, 0.1) is 0 Å². The molecule has 7 heteroatoms. The number of nitrogens with one attached hydrogen (secondary N) is 1. The van der Waals surface area contributed by atoms with Crippen LogP contribution in [0.2, 0.25) is 0 Å². The minimum Gasteiger partial charge on any atom is -0.494 e. The number of nitrogens with zero attached hydrogens (tertiary/aromatic N) is 3. The summed E-state index contributed by atoms with van der Waals surface area (Å²) >= 11 is 0. The topological polar surface area (TPSA) is 82.0 Å². The Balaban J connectivity index is 2.02. The molecule has 0 unspecified atom stereocenters. The van der Waals surface area contributed by atoms with Gasteiger partial charge in [0.25, 0.3) is 0 Å². The molecule has 3 aromatic heterocycles. The maximum atomic E-state index is 12.5. The van der Waals surface area contributed by atoms with Crippen LogP contribution in [0.3, 0.4) is 0 Å². The summed E-state index contributed by atoms with van der Waals surface area (Å²) in [6.07, 6.45) is 3.30. The molecule has 126 valence electrons. The Labute approximate surface area is 142 Å². The summed E-state index contributed by atoms with van der Waals surface area (Å²) < 4.78 is 12.6. The van der Waals surface area contributed by atoms with Crippen molar-refractivity contribution in [2.75, 3.05) is 13.7 Å². The second kappa shape index (κ2) is 5.94. The smallest absolute Gasteiger partial charge is 0.332 e. The molecule has 4 rings (SSSR count). The van der Waals surface area contributed by atoms with Crippen molar-refractivity contribution in [3.8, 4) is 17.2 Å². The van der Waals surface area contributed by atoms with Crippen LogP contribution in [0.5, 0.6) is 11.5 Å². The molecule has 0 fully saturated rings. The number of imidazole rings is 1. The Morgan fingerprint density at radius 2 is 1.92 bits per heavy atom. The molecule has 0 aliphatic carbocycles. The highest BCUT2D eigenvalue weighted by molar-refractivity contribution is 5.88. The van der Waals surface area contributed by atoms with Gasteiger partial charge >= 0.3 is 5.69 Å². The van der Waals surface area contributed by atoms with Gasteiger partial charge in [-0.2, -0.15) is 0 Å². The van der Waals surface area contributed by atoms with Gasteiger partial charge in [0.15, 0.2) is 5.65 Å². The normalized spacial score (nSPS) is 11.1. The molecule has 1 aromatic carbocycles. The molecule has 7 nitrogen and oxygen atoms in total. The number of ether oxygens (including phenoxy) is 2. The summed E-state index contributed by atoms with van der Waals surface area (Å²) in [7, 11) is 1.56. The Hall–Kier alpha value is -3.35. The van der Waals surface area contributed by atoms with Crippen molar-refractivity contribution in [3.05, 3.63) is 53.2 Å². The fourth-order valence-electron chi connectivity index (χ4n) is 2.94. The first kappa shape index (κ1) is 15.2. The van der Waals surface area contributed by atoms with E-state index in [1.165, 1.54) is 0 Å². The second-order valence-electron chi connectivity index (χ2n) is 5.42. The van der Waals surface area contributed by atoms with E-state index in [0.717, 1.165) is 16.7 Å². The van der Waals surface area contributed by atoms with Crippen LogP contribution in [0.15, 0.2) is 47.5 Å². The lowest BCUT2D eigenvalue weighted by Gasteiger charge is -2.10. The monoisotopic (exact) mass is 336 g/mol. The van der Waals surface area contributed by atoms with Crippen molar-refractivity contribution in [1.82, 2.24) is 19.5 Å². The molecule has 0 saturated heterocycles. The minimum atomic E-state index is -0.284. The summed E-state index contributed by atoms with van der Waals surface area (Å²) in [4.78, 5) is 23.8. The summed E-state index contributed by atoms with van der Waals surface area (Å²) in [6, 6.07) is 9.12. The molecule has 0 saturated carbocycles. The lowest BCUT2D eigenvalue weighted by atomic mass is 10.2. The number of hydrogen-bond donors (Lipinski definition) is 1. The number of rotatable bonds is 4. The van der Waals surface area contributed by atoms with Crippen molar-refractivity contribution in [1.29, 1.82) is 0 Å². The fraction of sp³-hybridized carbons (Fsp3) is 0.167. The van der Waals surface area contributed by atoms with E-state index >= 15 is 0 Å². The first-order valence-corrected chi connectivity index (χ1v) is 7.88. The van der Waals surface area contributed by atoms with E-state index in [9.17, 15) is 4.79 Å². The van der Waals surface area contributed by atoms with E-state index in [1.807, 2.05) is 31.2 Å². The van der Waals surface area contributed by atoms with Crippen LogP contribution >= 0.6 is 0 Å².